The molecule has 0 saturated heterocycles. The second-order valence-corrected chi connectivity index (χ2v) is 6.38. The van der Waals surface area contributed by atoms with Gasteiger partial charge in [-0.1, -0.05) is 23.7 Å². The Hall–Kier alpha value is -0.400. The Balaban J connectivity index is 2.51. The third-order valence-electron chi connectivity index (χ3n) is 2.24. The molecular formula is C13H6ClF3IS. The summed E-state index contributed by atoms with van der Waals surface area (Å²) in [4.78, 5) is 0.0962. The highest BCUT2D eigenvalue weighted by molar-refractivity contribution is 14.1. The van der Waals surface area contributed by atoms with Crippen molar-refractivity contribution >= 4 is 46.0 Å². The fraction of sp³-hybridized carbons (Fsp3) is 0.0769. The monoisotopic (exact) mass is 413 g/mol. The molecule has 0 N–H and O–H groups in total. The highest BCUT2D eigenvalue weighted by atomic mass is 127. The van der Waals surface area contributed by atoms with E-state index in [9.17, 15) is 13.2 Å². The lowest BCUT2D eigenvalue weighted by molar-refractivity contribution is -0.0327. The molecule has 0 unspecified atom stereocenters. The molecule has 0 amide bonds. The molecule has 0 aliphatic carbocycles. The second kappa shape index (κ2) is 5.93. The van der Waals surface area contributed by atoms with Gasteiger partial charge in [0.15, 0.2) is 0 Å². The summed E-state index contributed by atoms with van der Waals surface area (Å²) in [6, 6.07) is 12.6. The van der Waals surface area contributed by atoms with Gasteiger partial charge in [0.2, 0.25) is 0 Å². The molecule has 0 fully saturated rings. The summed E-state index contributed by atoms with van der Waals surface area (Å²) in [6.45, 7) is 0. The molecule has 99 valence electrons. The minimum absolute atomic E-state index is 0.0962. The van der Waals surface area contributed by atoms with Gasteiger partial charge in [-0.3, -0.25) is 0 Å². The third kappa shape index (κ3) is 4.29. The zero-order valence-electron chi connectivity index (χ0n) is 9.26. The van der Waals surface area contributed by atoms with E-state index in [1.807, 2.05) is 12.1 Å². The van der Waals surface area contributed by atoms with E-state index in [1.54, 1.807) is 12.1 Å². The van der Waals surface area contributed by atoms with Crippen LogP contribution in [-0.2, 0) is 0 Å². The molecule has 0 bridgehead atoms. The molecule has 1 radical (unpaired) electrons. The summed E-state index contributed by atoms with van der Waals surface area (Å²) in [5.41, 5.74) is -3.17. The molecule has 19 heavy (non-hydrogen) atoms. The van der Waals surface area contributed by atoms with Crippen LogP contribution in [0, 0.1) is 9.64 Å². The highest BCUT2D eigenvalue weighted by Gasteiger charge is 2.30. The van der Waals surface area contributed by atoms with Crippen LogP contribution in [0.1, 0.15) is 0 Å². The summed E-state index contributed by atoms with van der Waals surface area (Å²) in [5.74, 6) is 0. The summed E-state index contributed by atoms with van der Waals surface area (Å²) in [6.07, 6.45) is 0. The smallest absolute Gasteiger partial charge is 0.160 e. The molecule has 0 nitrogen and oxygen atoms in total. The van der Waals surface area contributed by atoms with Gasteiger partial charge in [-0.25, -0.2) is 0 Å². The largest absolute Gasteiger partial charge is 0.446 e. The SMILES string of the molecule is FC(F)(F)Sc1c[c]c(Cl)cc1-c1cccc(I)c1. The van der Waals surface area contributed by atoms with Gasteiger partial charge in [-0.15, -0.1) is 0 Å². The predicted octanol–water partition coefficient (Wildman–Crippen LogP) is 6.02. The Bertz CT molecular complexity index is 599. The van der Waals surface area contributed by atoms with Gasteiger partial charge in [0.05, 0.1) is 0 Å². The second-order valence-electron chi connectivity index (χ2n) is 3.62. The Morgan fingerprint density at radius 3 is 2.58 bits per heavy atom. The fourth-order valence-electron chi connectivity index (χ4n) is 1.54. The van der Waals surface area contributed by atoms with Crippen molar-refractivity contribution in [1.82, 2.24) is 0 Å². The van der Waals surface area contributed by atoms with E-state index >= 15 is 0 Å². The number of benzene rings is 2. The zero-order chi connectivity index (χ0) is 14.0. The molecule has 2 aromatic rings. The first-order valence-electron chi connectivity index (χ1n) is 5.08. The topological polar surface area (TPSA) is 0 Å². The molecule has 6 heteroatoms. The Morgan fingerprint density at radius 2 is 1.95 bits per heavy atom. The number of hydrogen-bond donors (Lipinski definition) is 0. The first-order valence-corrected chi connectivity index (χ1v) is 7.35. The number of halogens is 5. The normalized spacial score (nSPS) is 11.6. The minimum atomic E-state index is -4.33. The van der Waals surface area contributed by atoms with E-state index in [0.717, 1.165) is 3.57 Å². The molecule has 2 aromatic carbocycles. The van der Waals surface area contributed by atoms with Crippen LogP contribution in [0.15, 0.2) is 41.3 Å². The molecule has 2 rings (SSSR count). The van der Waals surface area contributed by atoms with Crippen LogP contribution in [0.2, 0.25) is 5.02 Å². The maximum absolute atomic E-state index is 12.5. The lowest BCUT2D eigenvalue weighted by Gasteiger charge is -2.12. The molecule has 0 aliphatic heterocycles. The van der Waals surface area contributed by atoms with Gasteiger partial charge in [0, 0.05) is 19.6 Å². The number of thioether (sulfide) groups is 1. The van der Waals surface area contributed by atoms with Crippen LogP contribution in [-0.4, -0.2) is 5.51 Å². The fourth-order valence-corrected chi connectivity index (χ4v) is 2.90. The van der Waals surface area contributed by atoms with Crippen LogP contribution >= 0.6 is 46.0 Å². The van der Waals surface area contributed by atoms with Crippen molar-refractivity contribution in [3.63, 3.8) is 0 Å². The van der Waals surface area contributed by atoms with Crippen molar-refractivity contribution in [3.05, 3.63) is 51.1 Å². The van der Waals surface area contributed by atoms with Crippen molar-refractivity contribution in [2.45, 2.75) is 10.4 Å². The lowest BCUT2D eigenvalue weighted by atomic mass is 10.1. The molecule has 0 atom stereocenters. The Kier molecular flexibility index (Phi) is 4.68. The van der Waals surface area contributed by atoms with Gasteiger partial charge in [0.25, 0.3) is 0 Å². The average molecular weight is 414 g/mol. The predicted molar refractivity (Wildman–Crippen MR) is 80.4 cm³/mol. The maximum Gasteiger partial charge on any atom is 0.446 e. The quantitative estimate of drug-likeness (QED) is 0.428. The summed E-state index contributed by atoms with van der Waals surface area (Å²) < 4.78 is 38.5. The number of alkyl halides is 3. The highest BCUT2D eigenvalue weighted by Crippen LogP contribution is 2.42. The third-order valence-corrected chi connectivity index (χ3v) is 3.92. The summed E-state index contributed by atoms with van der Waals surface area (Å²) >= 11 is 7.79. The van der Waals surface area contributed by atoms with E-state index in [1.165, 1.54) is 12.1 Å². The Labute approximate surface area is 131 Å². The van der Waals surface area contributed by atoms with Gasteiger partial charge in [-0.2, -0.15) is 13.2 Å². The Morgan fingerprint density at radius 1 is 1.21 bits per heavy atom. The van der Waals surface area contributed by atoms with Crippen molar-refractivity contribution < 1.29 is 13.2 Å². The van der Waals surface area contributed by atoms with E-state index in [2.05, 4.69) is 28.7 Å². The first-order chi connectivity index (χ1) is 8.85. The minimum Gasteiger partial charge on any atom is -0.160 e. The van der Waals surface area contributed by atoms with Crippen LogP contribution in [0.5, 0.6) is 0 Å². The average Bonchev–Trinajstić information content (AvgIpc) is 2.30. The van der Waals surface area contributed by atoms with Gasteiger partial charge < -0.3 is 0 Å². The van der Waals surface area contributed by atoms with E-state index in [0.29, 0.717) is 16.1 Å². The van der Waals surface area contributed by atoms with Gasteiger partial charge in [-0.05, 0) is 69.7 Å². The molecular weight excluding hydrogens is 408 g/mol. The molecule has 0 spiro atoms. The molecule has 0 aliphatic rings. The lowest BCUT2D eigenvalue weighted by Crippen LogP contribution is -2.00. The molecule has 0 heterocycles. The number of rotatable bonds is 2. The van der Waals surface area contributed by atoms with E-state index in [4.69, 9.17) is 11.6 Å². The van der Waals surface area contributed by atoms with Crippen molar-refractivity contribution in [1.29, 1.82) is 0 Å². The number of hydrogen-bond acceptors (Lipinski definition) is 1. The van der Waals surface area contributed by atoms with E-state index < -0.39 is 5.51 Å². The van der Waals surface area contributed by atoms with Crippen LogP contribution in [0.25, 0.3) is 11.1 Å². The van der Waals surface area contributed by atoms with Crippen molar-refractivity contribution in [3.8, 4) is 11.1 Å². The maximum atomic E-state index is 12.5. The van der Waals surface area contributed by atoms with Crippen molar-refractivity contribution in [2.24, 2.45) is 0 Å². The first kappa shape index (κ1) is 15.0. The molecule has 0 aromatic heterocycles. The van der Waals surface area contributed by atoms with Crippen LogP contribution in [0.3, 0.4) is 0 Å². The van der Waals surface area contributed by atoms with Gasteiger partial charge in [0.1, 0.15) is 0 Å². The van der Waals surface area contributed by atoms with E-state index in [-0.39, 0.29) is 16.7 Å². The van der Waals surface area contributed by atoms with Crippen molar-refractivity contribution in [2.75, 3.05) is 0 Å². The zero-order valence-corrected chi connectivity index (χ0v) is 13.0. The standard InChI is InChI=1S/C13H6ClF3IS/c14-9-4-5-12(19-13(15,16)17)11(7-9)8-2-1-3-10(18)6-8/h1-3,5-7H. The molecule has 0 saturated carbocycles. The van der Waals surface area contributed by atoms with Gasteiger partial charge >= 0.3 is 5.51 Å². The summed E-state index contributed by atoms with van der Waals surface area (Å²) in [5, 5.41) is 0.292. The van der Waals surface area contributed by atoms with Crippen LogP contribution < -0.4 is 0 Å². The van der Waals surface area contributed by atoms with Crippen LogP contribution in [0.4, 0.5) is 13.2 Å². The summed E-state index contributed by atoms with van der Waals surface area (Å²) in [7, 11) is 0.